The van der Waals surface area contributed by atoms with Crippen molar-refractivity contribution >= 4 is 0 Å². The highest BCUT2D eigenvalue weighted by Crippen LogP contribution is 2.45. The second-order valence-electron chi connectivity index (χ2n) is 9.71. The minimum atomic E-state index is 0.924. The van der Waals surface area contributed by atoms with Crippen molar-refractivity contribution in [1.29, 1.82) is 0 Å². The molecule has 0 aromatic rings. The highest BCUT2D eigenvalue weighted by Gasteiger charge is 2.34. The lowest BCUT2D eigenvalue weighted by Gasteiger charge is -2.41. The van der Waals surface area contributed by atoms with E-state index in [9.17, 15) is 0 Å². The first-order valence-electron chi connectivity index (χ1n) is 11.9. The zero-order chi connectivity index (χ0) is 16.9. The van der Waals surface area contributed by atoms with Crippen LogP contribution in [0.25, 0.3) is 0 Å². The molecule has 2 aliphatic carbocycles. The summed E-state index contributed by atoms with van der Waals surface area (Å²) in [6, 6.07) is 0.924. The molecule has 0 aromatic heterocycles. The molecule has 4 aliphatic rings. The minimum Gasteiger partial charge on any atom is -0.302 e. The summed E-state index contributed by atoms with van der Waals surface area (Å²) in [5.41, 5.74) is 0. The maximum absolute atomic E-state index is 2.85. The molecule has 0 amide bonds. The standard InChI is InChI=1S/C23H42N2/c1-2-14-23-20(8-1)9-5-10-21(23)11-6-12-22-13-7-17-25(22)19-18-24-15-3-4-16-24/h20-23H,1-19H2. The molecule has 25 heavy (non-hydrogen) atoms. The van der Waals surface area contributed by atoms with Crippen LogP contribution in [0.3, 0.4) is 0 Å². The fraction of sp³-hybridized carbons (Fsp3) is 1.00. The van der Waals surface area contributed by atoms with Crippen LogP contribution in [0, 0.1) is 17.8 Å². The lowest BCUT2D eigenvalue weighted by atomic mass is 9.64. The van der Waals surface area contributed by atoms with Gasteiger partial charge in [-0.05, 0) is 75.9 Å². The summed E-state index contributed by atoms with van der Waals surface area (Å²) in [6.07, 6.45) is 21.2. The highest BCUT2D eigenvalue weighted by atomic mass is 15.2. The molecular weight excluding hydrogens is 304 g/mol. The van der Waals surface area contributed by atoms with Crippen molar-refractivity contribution in [2.24, 2.45) is 17.8 Å². The lowest BCUT2D eigenvalue weighted by Crippen LogP contribution is -2.37. The van der Waals surface area contributed by atoms with Crippen LogP contribution >= 0.6 is 0 Å². The van der Waals surface area contributed by atoms with E-state index in [4.69, 9.17) is 0 Å². The Bertz CT molecular complexity index is 388. The van der Waals surface area contributed by atoms with E-state index in [2.05, 4.69) is 9.80 Å². The third-order valence-corrected chi connectivity index (χ3v) is 8.24. The van der Waals surface area contributed by atoms with Crippen LogP contribution in [0.5, 0.6) is 0 Å². The SMILES string of the molecule is C1CCC2C(C1)CCCC2CCCC1CCCN1CCN1CCCC1. The van der Waals surface area contributed by atoms with Gasteiger partial charge in [-0.25, -0.2) is 0 Å². The van der Waals surface area contributed by atoms with Gasteiger partial charge in [-0.1, -0.05) is 51.4 Å². The van der Waals surface area contributed by atoms with Crippen LogP contribution < -0.4 is 0 Å². The van der Waals surface area contributed by atoms with Crippen LogP contribution in [0.4, 0.5) is 0 Å². The minimum absolute atomic E-state index is 0.924. The van der Waals surface area contributed by atoms with Crippen molar-refractivity contribution in [3.8, 4) is 0 Å². The summed E-state index contributed by atoms with van der Waals surface area (Å²) in [7, 11) is 0. The van der Waals surface area contributed by atoms with Crippen molar-refractivity contribution in [2.45, 2.75) is 95.9 Å². The first-order chi connectivity index (χ1) is 12.4. The van der Waals surface area contributed by atoms with Gasteiger partial charge in [0.05, 0.1) is 0 Å². The third kappa shape index (κ3) is 4.80. The van der Waals surface area contributed by atoms with Gasteiger partial charge in [0.15, 0.2) is 0 Å². The molecule has 2 heterocycles. The average Bonchev–Trinajstić information content (AvgIpc) is 3.32. The summed E-state index contributed by atoms with van der Waals surface area (Å²) in [6.45, 7) is 6.79. The maximum Gasteiger partial charge on any atom is 0.0112 e. The first-order valence-corrected chi connectivity index (χ1v) is 11.9. The van der Waals surface area contributed by atoms with Gasteiger partial charge >= 0.3 is 0 Å². The Hall–Kier alpha value is -0.0800. The van der Waals surface area contributed by atoms with E-state index in [1.54, 1.807) is 32.1 Å². The van der Waals surface area contributed by atoms with E-state index in [0.717, 1.165) is 23.8 Å². The summed E-state index contributed by atoms with van der Waals surface area (Å²) in [5, 5.41) is 0. The van der Waals surface area contributed by atoms with E-state index >= 15 is 0 Å². The summed E-state index contributed by atoms with van der Waals surface area (Å²) in [5.74, 6) is 3.34. The number of fused-ring (bicyclic) bond motifs is 1. The van der Waals surface area contributed by atoms with E-state index in [-0.39, 0.29) is 0 Å². The van der Waals surface area contributed by atoms with E-state index in [0.29, 0.717) is 0 Å². The number of hydrogen-bond donors (Lipinski definition) is 0. The van der Waals surface area contributed by atoms with Crippen molar-refractivity contribution in [3.05, 3.63) is 0 Å². The van der Waals surface area contributed by atoms with Gasteiger partial charge in [0.25, 0.3) is 0 Å². The topological polar surface area (TPSA) is 6.48 Å². The Kier molecular flexibility index (Phi) is 6.74. The molecule has 2 aliphatic heterocycles. The summed E-state index contributed by atoms with van der Waals surface area (Å²) >= 11 is 0. The van der Waals surface area contributed by atoms with Gasteiger partial charge in [-0.3, -0.25) is 4.90 Å². The Labute approximate surface area is 156 Å². The van der Waals surface area contributed by atoms with Gasteiger partial charge in [0.1, 0.15) is 0 Å². The third-order valence-electron chi connectivity index (χ3n) is 8.24. The molecule has 0 aromatic carbocycles. The Morgan fingerprint density at radius 2 is 1.48 bits per heavy atom. The second kappa shape index (κ2) is 9.22. The predicted octanol–water partition coefficient (Wildman–Crippen LogP) is 5.32. The molecule has 2 heteroatoms. The van der Waals surface area contributed by atoms with E-state index in [1.807, 2.05) is 0 Å². The highest BCUT2D eigenvalue weighted by molar-refractivity contribution is 4.86. The van der Waals surface area contributed by atoms with Crippen LogP contribution in [0.15, 0.2) is 0 Å². The smallest absolute Gasteiger partial charge is 0.0112 e. The Morgan fingerprint density at radius 1 is 0.640 bits per heavy atom. The summed E-state index contributed by atoms with van der Waals surface area (Å²) in [4.78, 5) is 5.54. The van der Waals surface area contributed by atoms with E-state index < -0.39 is 0 Å². The number of likely N-dealkylation sites (tertiary alicyclic amines) is 2. The number of rotatable bonds is 7. The van der Waals surface area contributed by atoms with Crippen LogP contribution in [0.1, 0.15) is 89.9 Å². The molecule has 4 fully saturated rings. The van der Waals surface area contributed by atoms with E-state index in [1.165, 1.54) is 90.5 Å². The molecule has 0 spiro atoms. The molecule has 2 nitrogen and oxygen atoms in total. The molecule has 4 unspecified atom stereocenters. The fourth-order valence-electron chi connectivity index (χ4n) is 6.84. The van der Waals surface area contributed by atoms with Crippen molar-refractivity contribution in [2.75, 3.05) is 32.7 Å². The number of nitrogens with zero attached hydrogens (tertiary/aromatic N) is 2. The van der Waals surface area contributed by atoms with Gasteiger partial charge < -0.3 is 4.90 Å². The molecule has 4 rings (SSSR count). The second-order valence-corrected chi connectivity index (χ2v) is 9.71. The predicted molar refractivity (Wildman–Crippen MR) is 107 cm³/mol. The van der Waals surface area contributed by atoms with Crippen LogP contribution in [0.2, 0.25) is 0 Å². The Morgan fingerprint density at radius 3 is 2.40 bits per heavy atom. The zero-order valence-electron chi connectivity index (χ0n) is 16.6. The monoisotopic (exact) mass is 346 g/mol. The Balaban J connectivity index is 1.18. The van der Waals surface area contributed by atoms with Gasteiger partial charge in [0.2, 0.25) is 0 Å². The molecular formula is C23H42N2. The normalized spacial score (nSPS) is 37.4. The quantitative estimate of drug-likeness (QED) is 0.615. The molecule has 0 N–H and O–H groups in total. The fourth-order valence-corrected chi connectivity index (χ4v) is 6.84. The van der Waals surface area contributed by atoms with Gasteiger partial charge in [-0.15, -0.1) is 0 Å². The molecule has 2 saturated carbocycles. The van der Waals surface area contributed by atoms with Gasteiger partial charge in [-0.2, -0.15) is 0 Å². The average molecular weight is 347 g/mol. The largest absolute Gasteiger partial charge is 0.302 e. The van der Waals surface area contributed by atoms with Crippen molar-refractivity contribution in [3.63, 3.8) is 0 Å². The van der Waals surface area contributed by atoms with Gasteiger partial charge in [0, 0.05) is 19.1 Å². The molecule has 4 atom stereocenters. The first kappa shape index (κ1) is 18.3. The molecule has 0 radical (unpaired) electrons. The molecule has 144 valence electrons. The van der Waals surface area contributed by atoms with Crippen molar-refractivity contribution < 1.29 is 0 Å². The molecule has 0 bridgehead atoms. The zero-order valence-corrected chi connectivity index (χ0v) is 16.6. The van der Waals surface area contributed by atoms with Crippen LogP contribution in [-0.4, -0.2) is 48.6 Å². The lowest BCUT2D eigenvalue weighted by molar-refractivity contribution is 0.0941. The number of hydrogen-bond acceptors (Lipinski definition) is 2. The summed E-state index contributed by atoms with van der Waals surface area (Å²) < 4.78 is 0. The van der Waals surface area contributed by atoms with Crippen LogP contribution in [-0.2, 0) is 0 Å². The molecule has 2 saturated heterocycles. The maximum atomic E-state index is 2.85. The van der Waals surface area contributed by atoms with Crippen molar-refractivity contribution in [1.82, 2.24) is 9.80 Å².